The van der Waals surface area contributed by atoms with Gasteiger partial charge in [-0.1, -0.05) is 166 Å². The summed E-state index contributed by atoms with van der Waals surface area (Å²) in [6.07, 6.45) is 0. The van der Waals surface area contributed by atoms with Crippen LogP contribution in [0, 0.1) is 0 Å². The maximum Gasteiger partial charge on any atom is 0.0541 e. The van der Waals surface area contributed by atoms with Gasteiger partial charge in [0.2, 0.25) is 0 Å². The Kier molecular flexibility index (Phi) is 8.20. The van der Waals surface area contributed by atoms with Gasteiger partial charge in [0.1, 0.15) is 0 Å². The lowest BCUT2D eigenvalue weighted by Crippen LogP contribution is -2.17. The average molecular weight is 755 g/mol. The Balaban J connectivity index is 1.02. The van der Waals surface area contributed by atoms with Crippen molar-refractivity contribution in [1.29, 1.82) is 0 Å². The van der Waals surface area contributed by atoms with Gasteiger partial charge in [0.15, 0.2) is 0 Å². The van der Waals surface area contributed by atoms with Crippen molar-refractivity contribution in [3.05, 3.63) is 230 Å². The van der Waals surface area contributed by atoms with E-state index in [9.17, 15) is 0 Å². The third-order valence-corrected chi connectivity index (χ3v) is 12.4. The molecular formula is C57H42N2. The number of hydrogen-bond donors (Lipinski definition) is 0. The summed E-state index contributed by atoms with van der Waals surface area (Å²) in [5.41, 5.74) is 19.3. The van der Waals surface area contributed by atoms with E-state index in [4.69, 9.17) is 0 Å². The van der Waals surface area contributed by atoms with Crippen LogP contribution in [0.25, 0.3) is 72.0 Å². The van der Waals surface area contributed by atoms with E-state index in [0.717, 1.165) is 17.1 Å². The van der Waals surface area contributed by atoms with E-state index in [-0.39, 0.29) is 5.41 Å². The van der Waals surface area contributed by atoms with Gasteiger partial charge in [-0.3, -0.25) is 0 Å². The van der Waals surface area contributed by atoms with Crippen LogP contribution in [-0.2, 0) is 5.41 Å². The first kappa shape index (κ1) is 34.8. The number of para-hydroxylation sites is 3. The van der Waals surface area contributed by atoms with Crippen LogP contribution in [-0.4, -0.2) is 4.57 Å². The molecule has 11 rings (SSSR count). The molecule has 0 spiro atoms. The van der Waals surface area contributed by atoms with Crippen molar-refractivity contribution in [2.75, 3.05) is 4.90 Å². The first-order valence-electron chi connectivity index (χ1n) is 20.5. The van der Waals surface area contributed by atoms with Crippen LogP contribution in [0.3, 0.4) is 0 Å². The SMILES string of the molecule is CC1(C)c2cc(N(c3ccccc3)c3ccccc3-c3cccc(-c4ccccc4)c3)ccc2-c2ccc(-n3c4ccccc4c4cc(-c5ccccc5)ccc43)cc21. The van der Waals surface area contributed by atoms with Crippen LogP contribution in [0.2, 0.25) is 0 Å². The molecule has 10 aromatic rings. The van der Waals surface area contributed by atoms with Gasteiger partial charge in [-0.2, -0.15) is 0 Å². The molecular weight excluding hydrogens is 713 g/mol. The van der Waals surface area contributed by atoms with Gasteiger partial charge in [0, 0.05) is 38.8 Å². The van der Waals surface area contributed by atoms with E-state index >= 15 is 0 Å². The number of rotatable bonds is 7. The summed E-state index contributed by atoms with van der Waals surface area (Å²) in [7, 11) is 0. The monoisotopic (exact) mass is 754 g/mol. The lowest BCUT2D eigenvalue weighted by atomic mass is 9.82. The highest BCUT2D eigenvalue weighted by atomic mass is 15.1. The van der Waals surface area contributed by atoms with Crippen LogP contribution in [0.4, 0.5) is 17.1 Å². The molecule has 1 aromatic heterocycles. The highest BCUT2D eigenvalue weighted by Gasteiger charge is 2.37. The Morgan fingerprint density at radius 2 is 0.932 bits per heavy atom. The molecule has 280 valence electrons. The van der Waals surface area contributed by atoms with E-state index < -0.39 is 0 Å². The van der Waals surface area contributed by atoms with Crippen molar-refractivity contribution < 1.29 is 0 Å². The number of fused-ring (bicyclic) bond motifs is 6. The van der Waals surface area contributed by atoms with E-state index in [1.54, 1.807) is 0 Å². The molecule has 0 atom stereocenters. The molecule has 1 aliphatic carbocycles. The van der Waals surface area contributed by atoms with Crippen molar-refractivity contribution in [2.24, 2.45) is 0 Å². The Morgan fingerprint density at radius 1 is 0.356 bits per heavy atom. The second kappa shape index (κ2) is 13.9. The van der Waals surface area contributed by atoms with Crippen molar-refractivity contribution in [3.63, 3.8) is 0 Å². The number of hydrogen-bond acceptors (Lipinski definition) is 1. The summed E-state index contributed by atoms with van der Waals surface area (Å²) in [4.78, 5) is 2.43. The molecule has 0 amide bonds. The smallest absolute Gasteiger partial charge is 0.0541 e. The molecule has 0 saturated carbocycles. The number of anilines is 3. The quantitative estimate of drug-likeness (QED) is 0.157. The molecule has 2 heteroatoms. The first-order valence-corrected chi connectivity index (χ1v) is 20.5. The molecule has 0 fully saturated rings. The molecule has 0 radical (unpaired) electrons. The van der Waals surface area contributed by atoms with Gasteiger partial charge in [-0.05, 0) is 117 Å². The lowest BCUT2D eigenvalue weighted by molar-refractivity contribution is 0.660. The van der Waals surface area contributed by atoms with E-state index in [2.05, 4.69) is 242 Å². The van der Waals surface area contributed by atoms with E-state index in [1.807, 2.05) is 0 Å². The molecule has 1 heterocycles. The first-order chi connectivity index (χ1) is 29.0. The second-order valence-corrected chi connectivity index (χ2v) is 16.2. The Labute approximate surface area is 345 Å². The summed E-state index contributed by atoms with van der Waals surface area (Å²) in [6, 6.07) is 79.8. The zero-order valence-electron chi connectivity index (χ0n) is 33.2. The van der Waals surface area contributed by atoms with Gasteiger partial charge < -0.3 is 9.47 Å². The van der Waals surface area contributed by atoms with Crippen LogP contribution >= 0.6 is 0 Å². The van der Waals surface area contributed by atoms with Gasteiger partial charge in [-0.25, -0.2) is 0 Å². The van der Waals surface area contributed by atoms with Crippen molar-refractivity contribution in [1.82, 2.24) is 4.57 Å². The van der Waals surface area contributed by atoms with Crippen LogP contribution in [0.1, 0.15) is 25.0 Å². The van der Waals surface area contributed by atoms with Crippen LogP contribution < -0.4 is 4.90 Å². The predicted octanol–water partition coefficient (Wildman–Crippen LogP) is 15.6. The second-order valence-electron chi connectivity index (χ2n) is 16.2. The molecule has 9 aromatic carbocycles. The van der Waals surface area contributed by atoms with Crippen molar-refractivity contribution >= 4 is 38.9 Å². The fourth-order valence-corrected chi connectivity index (χ4v) is 9.47. The fourth-order valence-electron chi connectivity index (χ4n) is 9.47. The number of nitrogens with zero attached hydrogens (tertiary/aromatic N) is 2. The van der Waals surface area contributed by atoms with Gasteiger partial charge in [0.05, 0.1) is 16.7 Å². The van der Waals surface area contributed by atoms with Crippen molar-refractivity contribution in [3.8, 4) is 50.2 Å². The third-order valence-electron chi connectivity index (χ3n) is 12.4. The van der Waals surface area contributed by atoms with Crippen LogP contribution in [0.15, 0.2) is 218 Å². The minimum atomic E-state index is -0.234. The maximum absolute atomic E-state index is 2.45. The third kappa shape index (κ3) is 5.79. The topological polar surface area (TPSA) is 8.17 Å². The standard InChI is InChI=1S/C57H42N2/c1-57(2)52-37-45(58(44-23-10-5-11-24-44)54-27-14-12-25-47(54)43-22-16-21-41(35-43)39-17-6-3-7-18-39)30-32-48(52)49-33-31-46(38-53(49)57)59-55-28-15-13-26-50(55)51-36-42(29-34-56(51)59)40-19-8-4-9-20-40/h3-38H,1-2H3. The normalized spacial score (nSPS) is 12.7. The summed E-state index contributed by atoms with van der Waals surface area (Å²) >= 11 is 0. The summed E-state index contributed by atoms with van der Waals surface area (Å²) in [5, 5.41) is 2.53. The molecule has 0 saturated heterocycles. The highest BCUT2D eigenvalue weighted by Crippen LogP contribution is 2.52. The van der Waals surface area contributed by atoms with Gasteiger partial charge in [-0.15, -0.1) is 0 Å². The number of aromatic nitrogens is 1. The molecule has 0 N–H and O–H groups in total. The van der Waals surface area contributed by atoms with Gasteiger partial charge in [0.25, 0.3) is 0 Å². The summed E-state index contributed by atoms with van der Waals surface area (Å²) in [5.74, 6) is 0. The van der Waals surface area contributed by atoms with Gasteiger partial charge >= 0.3 is 0 Å². The highest BCUT2D eigenvalue weighted by molar-refractivity contribution is 6.10. The fraction of sp³-hybridized carbons (Fsp3) is 0.0526. The van der Waals surface area contributed by atoms with E-state index in [1.165, 1.54) is 83.1 Å². The Hall–Kier alpha value is -7.42. The zero-order chi connectivity index (χ0) is 39.5. The zero-order valence-corrected chi connectivity index (χ0v) is 33.2. The summed E-state index contributed by atoms with van der Waals surface area (Å²) in [6.45, 7) is 4.78. The minimum absolute atomic E-state index is 0.234. The summed E-state index contributed by atoms with van der Waals surface area (Å²) < 4.78 is 2.45. The molecule has 2 nitrogen and oxygen atoms in total. The van der Waals surface area contributed by atoms with Crippen LogP contribution in [0.5, 0.6) is 0 Å². The largest absolute Gasteiger partial charge is 0.310 e. The lowest BCUT2D eigenvalue weighted by Gasteiger charge is -2.30. The minimum Gasteiger partial charge on any atom is -0.310 e. The molecule has 0 bridgehead atoms. The molecule has 0 aliphatic heterocycles. The average Bonchev–Trinajstić information content (AvgIpc) is 3.75. The number of benzene rings is 9. The Bertz CT molecular complexity index is 3170. The maximum atomic E-state index is 2.45. The van der Waals surface area contributed by atoms with E-state index in [0.29, 0.717) is 0 Å². The van der Waals surface area contributed by atoms with Crippen molar-refractivity contribution in [2.45, 2.75) is 19.3 Å². The molecule has 0 unspecified atom stereocenters. The molecule has 59 heavy (non-hydrogen) atoms. The Morgan fingerprint density at radius 3 is 1.69 bits per heavy atom. The predicted molar refractivity (Wildman–Crippen MR) is 249 cm³/mol. The molecule has 1 aliphatic rings.